The summed E-state index contributed by atoms with van der Waals surface area (Å²) in [4.78, 5) is -0.0485. The fourth-order valence-electron chi connectivity index (χ4n) is 1.30. The second-order valence-electron chi connectivity index (χ2n) is 2.80. The Morgan fingerprint density at radius 3 is 2.47 bits per heavy atom. The summed E-state index contributed by atoms with van der Waals surface area (Å²) in [5.41, 5.74) is 0.529. The average Bonchev–Trinajstić information content (AvgIpc) is 2.15. The zero-order chi connectivity index (χ0) is 11.6. The Kier molecular flexibility index (Phi) is 3.61. The molecule has 1 aromatic carbocycles. The predicted octanol–water partition coefficient (Wildman–Crippen LogP) is 2.70. The highest BCUT2D eigenvalue weighted by Gasteiger charge is 2.19. The Hall–Kier alpha value is -0.760. The molecule has 0 spiro atoms. The molecule has 0 saturated carbocycles. The lowest BCUT2D eigenvalue weighted by molar-refractivity contribution is 0.608. The number of hydrogen-bond donors (Lipinski definition) is 0. The number of nitriles is 1. The van der Waals surface area contributed by atoms with E-state index in [4.69, 9.17) is 27.5 Å². The molecule has 0 amide bonds. The summed E-state index contributed by atoms with van der Waals surface area (Å²) in [6.45, 7) is 1.73. The average molecular weight is 264 g/mol. The van der Waals surface area contributed by atoms with Crippen LogP contribution in [0, 0.1) is 11.3 Å². The molecule has 6 heteroatoms. The normalized spacial score (nSPS) is 11.1. The third-order valence-corrected chi connectivity index (χ3v) is 3.67. The number of benzene rings is 1. The van der Waals surface area contributed by atoms with Gasteiger partial charge in [-0.15, -0.1) is 0 Å². The fourth-order valence-corrected chi connectivity index (χ4v) is 2.72. The van der Waals surface area contributed by atoms with Gasteiger partial charge in [0.2, 0.25) is 0 Å². The monoisotopic (exact) mass is 263 g/mol. The first-order chi connectivity index (χ1) is 6.91. The molecule has 0 fully saturated rings. The maximum Gasteiger partial charge on any atom is 0.261 e. The summed E-state index contributed by atoms with van der Waals surface area (Å²) < 4.78 is 22.4. The first kappa shape index (κ1) is 12.3. The Morgan fingerprint density at radius 1 is 1.47 bits per heavy atom. The summed E-state index contributed by atoms with van der Waals surface area (Å²) in [5.74, 6) is 0. The number of nitrogens with zero attached hydrogens (tertiary/aromatic N) is 1. The van der Waals surface area contributed by atoms with Crippen LogP contribution in [-0.4, -0.2) is 8.42 Å². The summed E-state index contributed by atoms with van der Waals surface area (Å²) in [7, 11) is 1.41. The molecule has 0 saturated heterocycles. The molecule has 0 unspecified atom stereocenters. The topological polar surface area (TPSA) is 57.9 Å². The predicted molar refractivity (Wildman–Crippen MR) is 58.6 cm³/mol. The van der Waals surface area contributed by atoms with Crippen molar-refractivity contribution in [1.29, 1.82) is 5.26 Å². The molecule has 1 rings (SSSR count). The lowest BCUT2D eigenvalue weighted by atomic mass is 10.1. The minimum absolute atomic E-state index is 0.0485. The van der Waals surface area contributed by atoms with Crippen LogP contribution in [0.1, 0.15) is 18.1 Å². The van der Waals surface area contributed by atoms with E-state index in [-0.39, 0.29) is 15.5 Å². The van der Waals surface area contributed by atoms with Crippen LogP contribution < -0.4 is 0 Å². The zero-order valence-corrected chi connectivity index (χ0v) is 10.1. The van der Waals surface area contributed by atoms with E-state index in [0.29, 0.717) is 12.0 Å². The highest BCUT2D eigenvalue weighted by atomic mass is 35.7. The highest BCUT2D eigenvalue weighted by molar-refractivity contribution is 8.13. The van der Waals surface area contributed by atoms with Gasteiger partial charge in [0, 0.05) is 10.7 Å². The van der Waals surface area contributed by atoms with Crippen LogP contribution >= 0.6 is 22.3 Å². The second-order valence-corrected chi connectivity index (χ2v) is 5.74. The molecule has 0 aliphatic rings. The van der Waals surface area contributed by atoms with Crippen molar-refractivity contribution in [2.75, 3.05) is 0 Å². The molecular weight excluding hydrogens is 257 g/mol. The van der Waals surface area contributed by atoms with Crippen molar-refractivity contribution in [2.45, 2.75) is 18.2 Å². The molecule has 0 aliphatic carbocycles. The van der Waals surface area contributed by atoms with Crippen molar-refractivity contribution in [3.8, 4) is 6.07 Å². The summed E-state index contributed by atoms with van der Waals surface area (Å²) in [5, 5.41) is 9.08. The van der Waals surface area contributed by atoms with Gasteiger partial charge < -0.3 is 0 Å². The van der Waals surface area contributed by atoms with Crippen molar-refractivity contribution in [3.05, 3.63) is 28.3 Å². The Labute approximate surface area is 97.7 Å². The quantitative estimate of drug-likeness (QED) is 0.771. The van der Waals surface area contributed by atoms with E-state index in [2.05, 4.69) is 0 Å². The van der Waals surface area contributed by atoms with Crippen LogP contribution in [0.5, 0.6) is 0 Å². The van der Waals surface area contributed by atoms with Gasteiger partial charge in [-0.2, -0.15) is 5.26 Å². The molecular formula is C9H7Cl2NO2S. The maximum atomic E-state index is 11.2. The van der Waals surface area contributed by atoms with Crippen LogP contribution in [0.3, 0.4) is 0 Å². The van der Waals surface area contributed by atoms with Crippen LogP contribution in [0.2, 0.25) is 5.02 Å². The van der Waals surface area contributed by atoms with Gasteiger partial charge in [0.1, 0.15) is 6.07 Å². The molecule has 0 bridgehead atoms. The molecule has 3 nitrogen and oxygen atoms in total. The number of hydrogen-bond acceptors (Lipinski definition) is 3. The minimum Gasteiger partial charge on any atom is -0.207 e. The van der Waals surface area contributed by atoms with Crippen molar-refractivity contribution < 1.29 is 8.42 Å². The van der Waals surface area contributed by atoms with Crippen molar-refractivity contribution in [1.82, 2.24) is 0 Å². The molecule has 0 aromatic heterocycles. The first-order valence-corrected chi connectivity index (χ1v) is 6.76. The van der Waals surface area contributed by atoms with E-state index in [9.17, 15) is 8.42 Å². The van der Waals surface area contributed by atoms with Crippen LogP contribution in [0.25, 0.3) is 0 Å². The van der Waals surface area contributed by atoms with Gasteiger partial charge in [0.15, 0.2) is 0 Å². The third-order valence-electron chi connectivity index (χ3n) is 1.95. The van der Waals surface area contributed by atoms with Crippen molar-refractivity contribution in [2.24, 2.45) is 0 Å². The van der Waals surface area contributed by atoms with Crippen LogP contribution in [-0.2, 0) is 15.5 Å². The molecule has 80 valence electrons. The van der Waals surface area contributed by atoms with Gasteiger partial charge in [0.05, 0.1) is 15.5 Å². The van der Waals surface area contributed by atoms with Crippen LogP contribution in [0.15, 0.2) is 17.0 Å². The number of halogens is 2. The molecule has 0 N–H and O–H groups in total. The second kappa shape index (κ2) is 4.40. The van der Waals surface area contributed by atoms with Gasteiger partial charge >= 0.3 is 0 Å². The molecule has 0 heterocycles. The first-order valence-electron chi connectivity index (χ1n) is 4.08. The summed E-state index contributed by atoms with van der Waals surface area (Å²) in [6, 6.07) is 4.54. The van der Waals surface area contributed by atoms with Gasteiger partial charge in [-0.05, 0) is 24.1 Å². The minimum atomic E-state index is -3.83. The van der Waals surface area contributed by atoms with E-state index in [1.165, 1.54) is 12.1 Å². The van der Waals surface area contributed by atoms with E-state index < -0.39 is 9.05 Å². The van der Waals surface area contributed by atoms with Gasteiger partial charge in [-0.1, -0.05) is 18.5 Å². The zero-order valence-electron chi connectivity index (χ0n) is 7.79. The fraction of sp³-hybridized carbons (Fsp3) is 0.222. The highest BCUT2D eigenvalue weighted by Crippen LogP contribution is 2.28. The lowest BCUT2D eigenvalue weighted by Gasteiger charge is -2.07. The molecule has 1 aromatic rings. The summed E-state index contributed by atoms with van der Waals surface area (Å²) >= 11 is 5.77. The van der Waals surface area contributed by atoms with Gasteiger partial charge in [-0.25, -0.2) is 8.42 Å². The largest absolute Gasteiger partial charge is 0.261 e. The van der Waals surface area contributed by atoms with E-state index in [1.54, 1.807) is 6.92 Å². The third kappa shape index (κ3) is 2.43. The smallest absolute Gasteiger partial charge is 0.207 e. The SMILES string of the molecule is CCc1c(S(=O)(=O)Cl)ccc(Cl)c1C#N. The van der Waals surface area contributed by atoms with E-state index >= 15 is 0 Å². The van der Waals surface area contributed by atoms with Gasteiger partial charge in [0.25, 0.3) is 9.05 Å². The Balaban J connectivity index is 3.66. The molecule has 0 atom stereocenters. The molecule has 15 heavy (non-hydrogen) atoms. The van der Waals surface area contributed by atoms with Crippen LogP contribution in [0.4, 0.5) is 0 Å². The lowest BCUT2D eigenvalue weighted by Crippen LogP contribution is -2.00. The molecule has 0 radical (unpaired) electrons. The van der Waals surface area contributed by atoms with E-state index in [1.807, 2.05) is 6.07 Å². The Morgan fingerprint density at radius 2 is 2.07 bits per heavy atom. The maximum absolute atomic E-state index is 11.2. The summed E-state index contributed by atoms with van der Waals surface area (Å²) in [6.07, 6.45) is 0.380. The standard InChI is InChI=1S/C9H7Cl2NO2S/c1-2-6-7(5-12)8(10)3-4-9(6)15(11,13)14/h3-4H,2H2,1H3. The van der Waals surface area contributed by atoms with Crippen molar-refractivity contribution >= 4 is 31.3 Å². The van der Waals surface area contributed by atoms with Gasteiger partial charge in [-0.3, -0.25) is 0 Å². The number of rotatable bonds is 2. The van der Waals surface area contributed by atoms with E-state index in [0.717, 1.165) is 0 Å². The van der Waals surface area contributed by atoms with Crippen molar-refractivity contribution in [3.63, 3.8) is 0 Å². The molecule has 0 aliphatic heterocycles. The Bertz CT molecular complexity index is 532.